The summed E-state index contributed by atoms with van der Waals surface area (Å²) in [6, 6.07) is 2.15. The second-order valence-electron chi connectivity index (χ2n) is 2.74. The molecular weight excluding hydrogens is 160 g/mol. The molecule has 0 aliphatic carbocycles. The Morgan fingerprint density at radius 3 is 2.73 bits per heavy atom. The molecular formula is C8H13ClN2. The number of nitriles is 1. The zero-order valence-electron chi connectivity index (χ0n) is 6.97. The van der Waals surface area contributed by atoms with Crippen molar-refractivity contribution in [1.29, 1.82) is 5.26 Å². The Kier molecular flexibility index (Phi) is 4.93. The lowest BCUT2D eigenvalue weighted by atomic mass is 10.2. The fraction of sp³-hybridized carbons (Fsp3) is 0.625. The molecule has 0 fully saturated rings. The molecule has 11 heavy (non-hydrogen) atoms. The van der Waals surface area contributed by atoms with Gasteiger partial charge in [-0.15, -0.1) is 0 Å². The van der Waals surface area contributed by atoms with Crippen LogP contribution in [0.5, 0.6) is 0 Å². The van der Waals surface area contributed by atoms with E-state index in [-0.39, 0.29) is 5.92 Å². The zero-order chi connectivity index (χ0) is 8.85. The molecule has 1 unspecified atom stereocenters. The Morgan fingerprint density at radius 2 is 2.36 bits per heavy atom. The van der Waals surface area contributed by atoms with Crippen LogP contribution in [-0.2, 0) is 0 Å². The smallest absolute Gasteiger partial charge is 0.0666 e. The molecule has 2 nitrogen and oxygen atoms in total. The van der Waals surface area contributed by atoms with Crippen molar-refractivity contribution in [3.05, 3.63) is 11.6 Å². The van der Waals surface area contributed by atoms with Crippen LogP contribution in [0.4, 0.5) is 0 Å². The summed E-state index contributed by atoms with van der Waals surface area (Å²) < 4.78 is 0. The first-order chi connectivity index (χ1) is 5.06. The maximum Gasteiger partial charge on any atom is 0.0666 e. The Balaban J connectivity index is 3.62. The van der Waals surface area contributed by atoms with Crippen LogP contribution >= 0.6 is 11.6 Å². The van der Waals surface area contributed by atoms with Crippen LogP contribution in [-0.4, -0.2) is 25.0 Å². The predicted octanol–water partition coefficient (Wildman–Crippen LogP) is 1.83. The molecule has 0 saturated carbocycles. The topological polar surface area (TPSA) is 27.0 Å². The lowest BCUT2D eigenvalue weighted by molar-refractivity contribution is 0.339. The maximum absolute atomic E-state index is 8.49. The van der Waals surface area contributed by atoms with E-state index >= 15 is 0 Å². The van der Waals surface area contributed by atoms with Crippen LogP contribution < -0.4 is 0 Å². The van der Waals surface area contributed by atoms with Gasteiger partial charge in [-0.3, -0.25) is 4.90 Å². The summed E-state index contributed by atoms with van der Waals surface area (Å²) in [5.41, 5.74) is 0. The molecule has 0 heterocycles. The average molecular weight is 173 g/mol. The molecule has 62 valence electrons. The van der Waals surface area contributed by atoms with Crippen molar-refractivity contribution in [2.24, 2.45) is 5.92 Å². The molecule has 0 aliphatic rings. The van der Waals surface area contributed by atoms with Gasteiger partial charge in [-0.25, -0.2) is 0 Å². The number of hydrogen-bond donors (Lipinski definition) is 0. The Labute approximate surface area is 73.1 Å². The van der Waals surface area contributed by atoms with Gasteiger partial charge >= 0.3 is 0 Å². The third-order valence-electron chi connectivity index (χ3n) is 1.25. The average Bonchev–Trinajstić information content (AvgIpc) is 1.85. The molecule has 1 atom stereocenters. The van der Waals surface area contributed by atoms with E-state index in [9.17, 15) is 0 Å². The van der Waals surface area contributed by atoms with Gasteiger partial charge in [-0.2, -0.15) is 5.26 Å². The van der Waals surface area contributed by atoms with Crippen LogP contribution in [0.1, 0.15) is 6.92 Å². The van der Waals surface area contributed by atoms with E-state index in [1.54, 1.807) is 0 Å². The number of rotatable bonds is 4. The second-order valence-corrected chi connectivity index (χ2v) is 3.28. The van der Waals surface area contributed by atoms with Crippen LogP contribution in [0, 0.1) is 17.2 Å². The van der Waals surface area contributed by atoms with Gasteiger partial charge in [0.2, 0.25) is 0 Å². The Hall–Kier alpha value is -0.520. The van der Waals surface area contributed by atoms with Gasteiger partial charge in [0.05, 0.1) is 12.0 Å². The highest BCUT2D eigenvalue weighted by atomic mass is 35.5. The van der Waals surface area contributed by atoms with Crippen molar-refractivity contribution in [2.75, 3.05) is 20.1 Å². The van der Waals surface area contributed by atoms with E-state index in [0.717, 1.165) is 6.54 Å². The van der Waals surface area contributed by atoms with Crippen LogP contribution in [0.15, 0.2) is 11.6 Å². The lowest BCUT2D eigenvalue weighted by Crippen LogP contribution is -2.24. The molecule has 0 saturated heterocycles. The second kappa shape index (κ2) is 5.17. The van der Waals surface area contributed by atoms with Crippen molar-refractivity contribution in [1.82, 2.24) is 4.90 Å². The molecule has 0 radical (unpaired) electrons. The van der Waals surface area contributed by atoms with E-state index in [1.807, 2.05) is 18.9 Å². The SMILES string of the molecule is C=C(Cl)CN(C)CC(C)C#N. The van der Waals surface area contributed by atoms with Crippen molar-refractivity contribution in [3.8, 4) is 6.07 Å². The summed E-state index contributed by atoms with van der Waals surface area (Å²) in [4.78, 5) is 1.98. The minimum Gasteiger partial charge on any atom is -0.300 e. The number of hydrogen-bond acceptors (Lipinski definition) is 2. The molecule has 0 aromatic carbocycles. The maximum atomic E-state index is 8.49. The number of halogens is 1. The largest absolute Gasteiger partial charge is 0.300 e. The summed E-state index contributed by atoms with van der Waals surface area (Å²) >= 11 is 5.58. The molecule has 0 N–H and O–H groups in total. The van der Waals surface area contributed by atoms with Gasteiger partial charge in [-0.1, -0.05) is 18.2 Å². The Morgan fingerprint density at radius 1 is 1.82 bits per heavy atom. The standard InChI is InChI=1S/C8H13ClN2/c1-7(4-10)5-11(3)6-8(2)9/h7H,2,5-6H2,1,3H3. The number of likely N-dealkylation sites (N-methyl/N-ethyl adjacent to an activating group) is 1. The molecule has 0 amide bonds. The molecule has 0 aromatic heterocycles. The first kappa shape index (κ1) is 10.5. The third kappa shape index (κ3) is 5.90. The summed E-state index contributed by atoms with van der Waals surface area (Å²) in [5.74, 6) is 0.0519. The summed E-state index contributed by atoms with van der Waals surface area (Å²) in [7, 11) is 1.92. The molecule has 0 aliphatic heterocycles. The predicted molar refractivity (Wildman–Crippen MR) is 47.3 cm³/mol. The fourth-order valence-corrected chi connectivity index (χ4v) is 1.07. The van der Waals surface area contributed by atoms with E-state index in [2.05, 4.69) is 12.6 Å². The minimum absolute atomic E-state index is 0.0519. The molecule has 0 aromatic rings. The van der Waals surface area contributed by atoms with E-state index in [0.29, 0.717) is 11.6 Å². The lowest BCUT2D eigenvalue weighted by Gasteiger charge is -2.16. The van der Waals surface area contributed by atoms with Crippen LogP contribution in [0.25, 0.3) is 0 Å². The van der Waals surface area contributed by atoms with Crippen molar-refractivity contribution < 1.29 is 0 Å². The van der Waals surface area contributed by atoms with Crippen molar-refractivity contribution in [3.63, 3.8) is 0 Å². The monoisotopic (exact) mass is 172 g/mol. The highest BCUT2D eigenvalue weighted by Gasteiger charge is 2.04. The van der Waals surface area contributed by atoms with Crippen molar-refractivity contribution in [2.45, 2.75) is 6.92 Å². The zero-order valence-corrected chi connectivity index (χ0v) is 7.73. The third-order valence-corrected chi connectivity index (χ3v) is 1.37. The normalized spacial score (nSPS) is 12.6. The molecule has 0 rings (SSSR count). The first-order valence-corrected chi connectivity index (χ1v) is 3.85. The Bertz CT molecular complexity index is 171. The van der Waals surface area contributed by atoms with E-state index < -0.39 is 0 Å². The summed E-state index contributed by atoms with van der Waals surface area (Å²) in [5, 5.41) is 9.09. The van der Waals surface area contributed by atoms with Gasteiger partial charge in [-0.05, 0) is 14.0 Å². The highest BCUT2D eigenvalue weighted by molar-refractivity contribution is 6.29. The fourth-order valence-electron chi connectivity index (χ4n) is 0.866. The molecule has 0 bridgehead atoms. The minimum atomic E-state index is 0.0519. The molecule has 3 heteroatoms. The van der Waals surface area contributed by atoms with Gasteiger partial charge in [0.15, 0.2) is 0 Å². The van der Waals surface area contributed by atoms with Gasteiger partial charge in [0.1, 0.15) is 0 Å². The van der Waals surface area contributed by atoms with Crippen molar-refractivity contribution >= 4 is 11.6 Å². The molecule has 0 spiro atoms. The van der Waals surface area contributed by atoms with E-state index in [1.165, 1.54) is 0 Å². The van der Waals surface area contributed by atoms with Gasteiger partial charge < -0.3 is 0 Å². The van der Waals surface area contributed by atoms with Crippen LogP contribution in [0.2, 0.25) is 0 Å². The summed E-state index contributed by atoms with van der Waals surface area (Å²) in [6.45, 7) is 6.84. The highest BCUT2D eigenvalue weighted by Crippen LogP contribution is 2.02. The summed E-state index contributed by atoms with van der Waals surface area (Å²) in [6.07, 6.45) is 0. The van der Waals surface area contributed by atoms with Crippen LogP contribution in [0.3, 0.4) is 0 Å². The van der Waals surface area contributed by atoms with Gasteiger partial charge in [0.25, 0.3) is 0 Å². The number of nitrogens with zero attached hydrogens (tertiary/aromatic N) is 2. The van der Waals surface area contributed by atoms with Gasteiger partial charge in [0, 0.05) is 18.1 Å². The quantitative estimate of drug-likeness (QED) is 0.647. The first-order valence-electron chi connectivity index (χ1n) is 3.47. The van der Waals surface area contributed by atoms with E-state index in [4.69, 9.17) is 16.9 Å².